The minimum absolute atomic E-state index is 0.0159. The molecule has 3 rings (SSSR count). The highest BCUT2D eigenvalue weighted by Gasteiger charge is 2.18. The molecule has 0 atom stereocenters. The smallest absolute Gasteiger partial charge is 0.225 e. The van der Waals surface area contributed by atoms with Crippen LogP contribution < -0.4 is 10.6 Å². The summed E-state index contributed by atoms with van der Waals surface area (Å²) < 4.78 is 1.80. The Hall–Kier alpha value is -2.74. The maximum absolute atomic E-state index is 11.2. The fourth-order valence-corrected chi connectivity index (χ4v) is 3.09. The monoisotopic (exact) mass is 342 g/mol. The summed E-state index contributed by atoms with van der Waals surface area (Å²) >= 11 is 1.65. The van der Waals surface area contributed by atoms with Crippen LogP contribution in [0.3, 0.4) is 0 Å². The van der Waals surface area contributed by atoms with Gasteiger partial charge in [-0.25, -0.2) is 14.6 Å². The molecule has 0 aromatic carbocycles. The van der Waals surface area contributed by atoms with E-state index in [0.29, 0.717) is 18.2 Å². The average molecular weight is 342 g/mol. The molecule has 0 spiro atoms. The lowest BCUT2D eigenvalue weighted by Gasteiger charge is -2.15. The van der Waals surface area contributed by atoms with E-state index in [9.17, 15) is 4.79 Å². The number of pyridine rings is 1. The molecule has 0 aliphatic carbocycles. The Morgan fingerprint density at radius 2 is 2.17 bits per heavy atom. The number of rotatable bonds is 6. The number of carbonyl (C=O) groups excluding carboxylic acids is 1. The second kappa shape index (κ2) is 6.79. The molecule has 3 heterocycles. The fourth-order valence-electron chi connectivity index (χ4n) is 2.41. The Labute approximate surface area is 143 Å². The topological polar surface area (TPSA) is 89.9 Å². The highest BCUT2D eigenvalue weighted by molar-refractivity contribution is 7.09. The van der Waals surface area contributed by atoms with Gasteiger partial charge < -0.3 is 10.6 Å². The van der Waals surface area contributed by atoms with Crippen LogP contribution >= 0.6 is 11.3 Å². The maximum atomic E-state index is 11.2. The molecule has 24 heavy (non-hydrogen) atoms. The number of carbonyl (C=O) groups is 1. The summed E-state index contributed by atoms with van der Waals surface area (Å²) in [5.41, 5.74) is 6.15. The predicted molar refractivity (Wildman–Crippen MR) is 93.9 cm³/mol. The van der Waals surface area contributed by atoms with E-state index in [2.05, 4.69) is 15.1 Å². The van der Waals surface area contributed by atoms with Crippen LogP contribution in [0.1, 0.15) is 10.7 Å². The van der Waals surface area contributed by atoms with Crippen molar-refractivity contribution in [3.05, 3.63) is 46.5 Å². The molecule has 0 aliphatic rings. The third-order valence-electron chi connectivity index (χ3n) is 3.38. The summed E-state index contributed by atoms with van der Waals surface area (Å²) in [4.78, 5) is 23.3. The third-order valence-corrected chi connectivity index (χ3v) is 4.25. The summed E-state index contributed by atoms with van der Waals surface area (Å²) in [7, 11) is 3.85. The quantitative estimate of drug-likeness (QED) is 0.734. The van der Waals surface area contributed by atoms with Crippen LogP contribution in [0, 0.1) is 0 Å². The van der Waals surface area contributed by atoms with Crippen LogP contribution in [-0.2, 0) is 17.8 Å². The molecule has 0 unspecified atom stereocenters. The minimum atomic E-state index is -0.450. The van der Waals surface area contributed by atoms with Crippen molar-refractivity contribution in [1.82, 2.24) is 19.7 Å². The summed E-state index contributed by atoms with van der Waals surface area (Å²) in [6, 6.07) is 7.85. The Balaban J connectivity index is 2.08. The molecular formula is C16H18N6OS. The van der Waals surface area contributed by atoms with Gasteiger partial charge in [0.2, 0.25) is 5.91 Å². The maximum Gasteiger partial charge on any atom is 0.225 e. The number of anilines is 1. The number of nitrogens with zero attached hydrogens (tertiary/aromatic N) is 5. The van der Waals surface area contributed by atoms with Gasteiger partial charge in [-0.2, -0.15) is 5.10 Å². The zero-order chi connectivity index (χ0) is 17.1. The molecule has 0 bridgehead atoms. The van der Waals surface area contributed by atoms with E-state index in [1.807, 2.05) is 48.6 Å². The second-order valence-corrected chi connectivity index (χ2v) is 6.53. The van der Waals surface area contributed by atoms with Crippen molar-refractivity contribution in [2.75, 3.05) is 19.0 Å². The first-order valence-corrected chi connectivity index (χ1v) is 8.29. The van der Waals surface area contributed by atoms with Gasteiger partial charge in [0.15, 0.2) is 11.6 Å². The summed E-state index contributed by atoms with van der Waals surface area (Å²) in [5.74, 6) is 1.44. The molecule has 1 amide bonds. The lowest BCUT2D eigenvalue weighted by Crippen LogP contribution is -2.14. The first kappa shape index (κ1) is 16.1. The molecule has 0 radical (unpaired) electrons. The predicted octanol–water partition coefficient (Wildman–Crippen LogP) is 1.54. The Kier molecular flexibility index (Phi) is 4.57. The average Bonchev–Trinajstić information content (AvgIpc) is 3.17. The van der Waals surface area contributed by atoms with Crippen LogP contribution in [0.15, 0.2) is 35.8 Å². The number of amides is 1. The third kappa shape index (κ3) is 3.43. The largest absolute Gasteiger partial charge is 0.369 e. The standard InChI is InChI=1S/C16H18N6OS/c1-21(2)15-12(6-3-7-18-15)16-19-14(9-13(17)23)20-22(16)10-11-5-4-8-24-11/h3-8H,9-10H2,1-2H3,(H2,17,23). The molecule has 0 fully saturated rings. The zero-order valence-electron chi connectivity index (χ0n) is 13.5. The van der Waals surface area contributed by atoms with Crippen LogP contribution in [0.25, 0.3) is 11.4 Å². The zero-order valence-corrected chi connectivity index (χ0v) is 14.3. The normalized spacial score (nSPS) is 10.8. The van der Waals surface area contributed by atoms with Crippen molar-refractivity contribution in [1.29, 1.82) is 0 Å². The van der Waals surface area contributed by atoms with E-state index in [4.69, 9.17) is 5.73 Å². The van der Waals surface area contributed by atoms with Gasteiger partial charge in [-0.3, -0.25) is 4.79 Å². The molecule has 2 N–H and O–H groups in total. The molecular weight excluding hydrogens is 324 g/mol. The van der Waals surface area contributed by atoms with Crippen molar-refractivity contribution in [3.63, 3.8) is 0 Å². The van der Waals surface area contributed by atoms with Crippen LogP contribution in [-0.4, -0.2) is 39.8 Å². The molecule has 3 aromatic rings. The molecule has 0 aliphatic heterocycles. The molecule has 0 saturated heterocycles. The number of hydrogen-bond donors (Lipinski definition) is 1. The van der Waals surface area contributed by atoms with Gasteiger partial charge in [0.1, 0.15) is 5.82 Å². The van der Waals surface area contributed by atoms with Crippen molar-refractivity contribution in [2.45, 2.75) is 13.0 Å². The van der Waals surface area contributed by atoms with E-state index in [-0.39, 0.29) is 6.42 Å². The lowest BCUT2D eigenvalue weighted by atomic mass is 10.2. The van der Waals surface area contributed by atoms with Gasteiger partial charge in [0, 0.05) is 25.2 Å². The van der Waals surface area contributed by atoms with Crippen LogP contribution in [0.4, 0.5) is 5.82 Å². The number of hydrogen-bond acceptors (Lipinski definition) is 6. The summed E-state index contributed by atoms with van der Waals surface area (Å²) in [6.07, 6.45) is 1.76. The Bertz CT molecular complexity index is 840. The van der Waals surface area contributed by atoms with Gasteiger partial charge in [0.25, 0.3) is 0 Å². The first-order chi connectivity index (χ1) is 11.5. The minimum Gasteiger partial charge on any atom is -0.369 e. The van der Waals surface area contributed by atoms with E-state index in [0.717, 1.165) is 16.3 Å². The van der Waals surface area contributed by atoms with E-state index in [1.165, 1.54) is 0 Å². The highest BCUT2D eigenvalue weighted by atomic mass is 32.1. The van der Waals surface area contributed by atoms with E-state index < -0.39 is 5.91 Å². The second-order valence-electron chi connectivity index (χ2n) is 5.50. The van der Waals surface area contributed by atoms with Crippen molar-refractivity contribution in [3.8, 4) is 11.4 Å². The molecule has 8 heteroatoms. The molecule has 0 saturated carbocycles. The highest BCUT2D eigenvalue weighted by Crippen LogP contribution is 2.27. The SMILES string of the molecule is CN(C)c1ncccc1-c1nc(CC(N)=O)nn1Cc1cccs1. The summed E-state index contributed by atoms with van der Waals surface area (Å²) in [6.45, 7) is 0.584. The van der Waals surface area contributed by atoms with Crippen LogP contribution in [0.2, 0.25) is 0 Å². The molecule has 124 valence electrons. The van der Waals surface area contributed by atoms with Gasteiger partial charge >= 0.3 is 0 Å². The first-order valence-electron chi connectivity index (χ1n) is 7.41. The Morgan fingerprint density at radius 3 is 2.83 bits per heavy atom. The van der Waals surface area contributed by atoms with Crippen molar-refractivity contribution < 1.29 is 4.79 Å². The van der Waals surface area contributed by atoms with Crippen LogP contribution in [0.5, 0.6) is 0 Å². The van der Waals surface area contributed by atoms with E-state index in [1.54, 1.807) is 22.2 Å². The summed E-state index contributed by atoms with van der Waals surface area (Å²) in [5, 5.41) is 6.49. The molecule has 7 nitrogen and oxygen atoms in total. The number of thiophene rings is 1. The number of primary amides is 1. The fraction of sp³-hybridized carbons (Fsp3) is 0.250. The number of aromatic nitrogens is 4. The van der Waals surface area contributed by atoms with Crippen molar-refractivity contribution in [2.24, 2.45) is 5.73 Å². The van der Waals surface area contributed by atoms with Gasteiger partial charge in [-0.15, -0.1) is 11.3 Å². The van der Waals surface area contributed by atoms with E-state index >= 15 is 0 Å². The molecule has 3 aromatic heterocycles. The van der Waals surface area contributed by atoms with Crippen molar-refractivity contribution >= 4 is 23.1 Å². The van der Waals surface area contributed by atoms with Gasteiger partial charge in [0.05, 0.1) is 18.5 Å². The van der Waals surface area contributed by atoms with Gasteiger partial charge in [-0.05, 0) is 23.6 Å². The Morgan fingerprint density at radius 1 is 1.33 bits per heavy atom. The number of nitrogens with two attached hydrogens (primary N) is 1. The van der Waals surface area contributed by atoms with Gasteiger partial charge in [-0.1, -0.05) is 6.07 Å². The lowest BCUT2D eigenvalue weighted by molar-refractivity contribution is -0.117.